The van der Waals surface area contributed by atoms with Crippen molar-refractivity contribution in [3.8, 4) is 0 Å². The van der Waals surface area contributed by atoms with Crippen molar-refractivity contribution < 1.29 is 9.50 Å². The Morgan fingerprint density at radius 2 is 2.17 bits per heavy atom. The van der Waals surface area contributed by atoms with Crippen LogP contribution in [0, 0.1) is 17.7 Å². The molecule has 0 heterocycles. The van der Waals surface area contributed by atoms with Crippen LogP contribution < -0.4 is 0 Å². The van der Waals surface area contributed by atoms with Crippen LogP contribution in [0.2, 0.25) is 0 Å². The third-order valence-electron chi connectivity index (χ3n) is 4.46. The van der Waals surface area contributed by atoms with Gasteiger partial charge in [-0.3, -0.25) is 0 Å². The van der Waals surface area contributed by atoms with E-state index in [4.69, 9.17) is 0 Å². The monoisotopic (exact) mass is 314 g/mol. The van der Waals surface area contributed by atoms with Crippen molar-refractivity contribution in [1.82, 2.24) is 0 Å². The van der Waals surface area contributed by atoms with Gasteiger partial charge in [0.05, 0.1) is 10.1 Å². The van der Waals surface area contributed by atoms with E-state index in [1.165, 1.54) is 12.5 Å². The molecule has 0 saturated heterocycles. The van der Waals surface area contributed by atoms with Crippen LogP contribution in [0.25, 0.3) is 0 Å². The number of aliphatic hydroxyl groups is 1. The third kappa shape index (κ3) is 2.77. The van der Waals surface area contributed by atoms with Crippen molar-refractivity contribution in [2.75, 3.05) is 0 Å². The Labute approximate surface area is 117 Å². The average Bonchev–Trinajstić information content (AvgIpc) is 2.31. The van der Waals surface area contributed by atoms with Crippen LogP contribution in [-0.4, -0.2) is 10.7 Å². The van der Waals surface area contributed by atoms with Crippen LogP contribution in [0.4, 0.5) is 4.39 Å². The molecule has 2 rings (SSSR count). The van der Waals surface area contributed by atoms with Crippen LogP contribution in [-0.2, 0) is 6.42 Å². The zero-order valence-corrected chi connectivity index (χ0v) is 12.5. The molecule has 100 valence electrons. The molecule has 1 saturated carbocycles. The first-order chi connectivity index (χ1) is 8.42. The summed E-state index contributed by atoms with van der Waals surface area (Å²) in [5.41, 5.74) is 0.348. The quantitative estimate of drug-likeness (QED) is 0.862. The second kappa shape index (κ2) is 5.30. The topological polar surface area (TPSA) is 20.2 Å². The first-order valence-electron chi connectivity index (χ1n) is 6.59. The van der Waals surface area contributed by atoms with E-state index in [-0.39, 0.29) is 11.7 Å². The standard InChI is InChI=1S/C15H20BrFO/c1-10-4-3-7-15(18,11(10)2)9-12-5-6-14(17)13(16)8-12/h5-6,8,10-11,18H,3-4,7,9H2,1-2H3. The minimum atomic E-state index is -0.644. The van der Waals surface area contributed by atoms with Gasteiger partial charge >= 0.3 is 0 Å². The van der Waals surface area contributed by atoms with E-state index in [0.717, 1.165) is 18.4 Å². The molecule has 0 amide bonds. The lowest BCUT2D eigenvalue weighted by molar-refractivity contribution is -0.0621. The predicted octanol–water partition coefficient (Wildman–Crippen LogP) is 4.32. The van der Waals surface area contributed by atoms with E-state index in [2.05, 4.69) is 29.8 Å². The van der Waals surface area contributed by atoms with E-state index in [1.807, 2.05) is 0 Å². The number of benzene rings is 1. The Balaban J connectivity index is 2.18. The summed E-state index contributed by atoms with van der Waals surface area (Å²) < 4.78 is 13.7. The molecule has 0 radical (unpaired) electrons. The van der Waals surface area contributed by atoms with E-state index < -0.39 is 5.60 Å². The highest BCUT2D eigenvalue weighted by atomic mass is 79.9. The zero-order valence-electron chi connectivity index (χ0n) is 10.9. The second-order valence-electron chi connectivity index (χ2n) is 5.69. The van der Waals surface area contributed by atoms with Gasteiger partial charge < -0.3 is 5.11 Å². The molecule has 3 atom stereocenters. The van der Waals surface area contributed by atoms with Crippen LogP contribution in [0.3, 0.4) is 0 Å². The molecule has 18 heavy (non-hydrogen) atoms. The summed E-state index contributed by atoms with van der Waals surface area (Å²) in [5.74, 6) is 0.582. The minimum absolute atomic E-state index is 0.254. The summed E-state index contributed by atoms with van der Waals surface area (Å²) in [6, 6.07) is 5.00. The molecule has 0 spiro atoms. The largest absolute Gasteiger partial charge is 0.389 e. The van der Waals surface area contributed by atoms with Crippen LogP contribution in [0.1, 0.15) is 38.7 Å². The Hall–Kier alpha value is -0.410. The number of hydrogen-bond donors (Lipinski definition) is 1. The van der Waals surface area contributed by atoms with Gasteiger partial charge in [-0.2, -0.15) is 0 Å². The first-order valence-corrected chi connectivity index (χ1v) is 7.38. The fourth-order valence-electron chi connectivity index (χ4n) is 2.99. The van der Waals surface area contributed by atoms with Crippen molar-refractivity contribution >= 4 is 15.9 Å². The fourth-order valence-corrected chi connectivity index (χ4v) is 3.42. The summed E-state index contributed by atoms with van der Waals surface area (Å²) >= 11 is 3.20. The summed E-state index contributed by atoms with van der Waals surface area (Å²) in [5, 5.41) is 10.8. The molecule has 1 nitrogen and oxygen atoms in total. The van der Waals surface area contributed by atoms with Crippen molar-refractivity contribution in [3.05, 3.63) is 34.1 Å². The van der Waals surface area contributed by atoms with Gasteiger partial charge in [-0.1, -0.05) is 32.8 Å². The Kier molecular flexibility index (Phi) is 4.12. The van der Waals surface area contributed by atoms with Crippen molar-refractivity contribution in [2.45, 2.75) is 45.1 Å². The van der Waals surface area contributed by atoms with Gasteiger partial charge in [0, 0.05) is 6.42 Å². The Morgan fingerprint density at radius 1 is 1.44 bits per heavy atom. The van der Waals surface area contributed by atoms with Gasteiger partial charge in [0.25, 0.3) is 0 Å². The highest BCUT2D eigenvalue weighted by Gasteiger charge is 2.39. The van der Waals surface area contributed by atoms with Crippen LogP contribution in [0.15, 0.2) is 22.7 Å². The van der Waals surface area contributed by atoms with Gasteiger partial charge in [-0.15, -0.1) is 0 Å². The zero-order chi connectivity index (χ0) is 13.3. The fraction of sp³-hybridized carbons (Fsp3) is 0.600. The SMILES string of the molecule is CC1CCCC(O)(Cc2ccc(F)c(Br)c2)C1C. The van der Waals surface area contributed by atoms with E-state index >= 15 is 0 Å². The maximum absolute atomic E-state index is 13.2. The van der Waals surface area contributed by atoms with Gasteiger partial charge in [0.15, 0.2) is 0 Å². The highest BCUT2D eigenvalue weighted by molar-refractivity contribution is 9.10. The summed E-state index contributed by atoms with van der Waals surface area (Å²) in [7, 11) is 0. The van der Waals surface area contributed by atoms with Gasteiger partial charge in [0.1, 0.15) is 5.82 Å². The van der Waals surface area contributed by atoms with Gasteiger partial charge in [0.2, 0.25) is 0 Å². The average molecular weight is 315 g/mol. The maximum Gasteiger partial charge on any atom is 0.137 e. The van der Waals surface area contributed by atoms with E-state index in [1.54, 1.807) is 12.1 Å². The minimum Gasteiger partial charge on any atom is -0.389 e. The molecule has 1 aromatic carbocycles. The molecule has 1 N–H and O–H groups in total. The lowest BCUT2D eigenvalue weighted by atomic mass is 9.68. The molecule has 3 heteroatoms. The van der Waals surface area contributed by atoms with E-state index in [0.29, 0.717) is 16.8 Å². The highest BCUT2D eigenvalue weighted by Crippen LogP contribution is 2.39. The molecular formula is C15H20BrFO. The maximum atomic E-state index is 13.2. The molecule has 0 aliphatic heterocycles. The lowest BCUT2D eigenvalue weighted by Gasteiger charge is -2.42. The molecule has 1 aliphatic rings. The smallest absolute Gasteiger partial charge is 0.137 e. The Morgan fingerprint density at radius 3 is 2.83 bits per heavy atom. The number of hydrogen-bond acceptors (Lipinski definition) is 1. The molecule has 1 fully saturated rings. The number of rotatable bonds is 2. The molecule has 1 aliphatic carbocycles. The molecule has 1 aromatic rings. The van der Waals surface area contributed by atoms with Crippen molar-refractivity contribution in [2.24, 2.45) is 11.8 Å². The normalized spacial score (nSPS) is 32.5. The predicted molar refractivity (Wildman–Crippen MR) is 74.9 cm³/mol. The van der Waals surface area contributed by atoms with Gasteiger partial charge in [-0.25, -0.2) is 4.39 Å². The van der Waals surface area contributed by atoms with E-state index in [9.17, 15) is 9.50 Å². The molecule has 0 aromatic heterocycles. The lowest BCUT2D eigenvalue weighted by Crippen LogP contribution is -2.44. The molecule has 0 bridgehead atoms. The second-order valence-corrected chi connectivity index (χ2v) is 6.54. The van der Waals surface area contributed by atoms with Gasteiger partial charge in [-0.05, 0) is 51.9 Å². The van der Waals surface area contributed by atoms with Crippen LogP contribution >= 0.6 is 15.9 Å². The van der Waals surface area contributed by atoms with Crippen LogP contribution in [0.5, 0.6) is 0 Å². The molecule has 3 unspecified atom stereocenters. The first kappa shape index (κ1) is 14.0. The Bertz CT molecular complexity index is 435. The molecular weight excluding hydrogens is 295 g/mol. The summed E-state index contributed by atoms with van der Waals surface area (Å²) in [6.07, 6.45) is 3.71. The summed E-state index contributed by atoms with van der Waals surface area (Å²) in [4.78, 5) is 0. The van der Waals surface area contributed by atoms with Crippen molar-refractivity contribution in [3.63, 3.8) is 0 Å². The number of halogens is 2. The van der Waals surface area contributed by atoms with Crippen molar-refractivity contribution in [1.29, 1.82) is 0 Å². The third-order valence-corrected chi connectivity index (χ3v) is 5.07. The summed E-state index contributed by atoms with van der Waals surface area (Å²) in [6.45, 7) is 4.33.